The molecule has 1 heterocycles. The van der Waals surface area contributed by atoms with Crippen molar-refractivity contribution in [1.29, 1.82) is 0 Å². The summed E-state index contributed by atoms with van der Waals surface area (Å²) in [6.45, 7) is 1.79. The van der Waals surface area contributed by atoms with E-state index in [-0.39, 0.29) is 5.78 Å². The molecule has 0 radical (unpaired) electrons. The minimum Gasteiger partial charge on any atom is -0.469 e. The predicted molar refractivity (Wildman–Crippen MR) is 46.7 cm³/mol. The molecule has 0 spiro atoms. The number of hydrogen-bond acceptors (Lipinski definition) is 2. The van der Waals surface area contributed by atoms with Crippen LogP contribution in [-0.2, 0) is 0 Å². The Bertz CT molecular complexity index is 240. The van der Waals surface area contributed by atoms with Gasteiger partial charge in [-0.2, -0.15) is 0 Å². The highest BCUT2D eigenvalue weighted by Gasteiger charge is 2.08. The smallest absolute Gasteiger partial charge is 0.176 e. The molecule has 0 saturated carbocycles. The fourth-order valence-corrected chi connectivity index (χ4v) is 1.16. The highest BCUT2D eigenvalue weighted by Crippen LogP contribution is 2.10. The standard InChI is InChI=1S/C7H7IO2/c1-5-6(2-3-10-5)7(9)4-8/h2-3H,4H2,1H3. The average molecular weight is 250 g/mol. The van der Waals surface area contributed by atoms with Crippen LogP contribution in [0.2, 0.25) is 0 Å². The van der Waals surface area contributed by atoms with Crippen molar-refractivity contribution in [2.45, 2.75) is 6.92 Å². The van der Waals surface area contributed by atoms with Crippen LogP contribution in [0.3, 0.4) is 0 Å². The van der Waals surface area contributed by atoms with Gasteiger partial charge in [-0.25, -0.2) is 0 Å². The van der Waals surface area contributed by atoms with Gasteiger partial charge in [-0.15, -0.1) is 0 Å². The first-order valence-corrected chi connectivity index (χ1v) is 4.41. The predicted octanol–water partition coefficient (Wildman–Crippen LogP) is 2.21. The number of ketones is 1. The molecule has 0 bridgehead atoms. The van der Waals surface area contributed by atoms with E-state index in [1.807, 2.05) is 22.6 Å². The summed E-state index contributed by atoms with van der Waals surface area (Å²) in [5.74, 6) is 0.841. The van der Waals surface area contributed by atoms with Gasteiger partial charge in [0.2, 0.25) is 0 Å². The zero-order chi connectivity index (χ0) is 7.56. The third-order valence-electron chi connectivity index (χ3n) is 1.28. The monoisotopic (exact) mass is 250 g/mol. The Morgan fingerprint density at radius 1 is 1.80 bits per heavy atom. The molecule has 0 unspecified atom stereocenters. The van der Waals surface area contributed by atoms with Gasteiger partial charge >= 0.3 is 0 Å². The van der Waals surface area contributed by atoms with Crippen LogP contribution in [0, 0.1) is 6.92 Å². The maximum atomic E-state index is 11.0. The number of aryl methyl sites for hydroxylation is 1. The number of hydrogen-bond donors (Lipinski definition) is 0. The van der Waals surface area contributed by atoms with Crippen molar-refractivity contribution in [2.75, 3.05) is 4.43 Å². The Hall–Kier alpha value is -0.320. The topological polar surface area (TPSA) is 30.2 Å². The summed E-state index contributed by atoms with van der Waals surface area (Å²) < 4.78 is 5.48. The summed E-state index contributed by atoms with van der Waals surface area (Å²) in [4.78, 5) is 11.0. The van der Waals surface area contributed by atoms with Crippen LogP contribution in [0.1, 0.15) is 16.1 Å². The molecule has 0 fully saturated rings. The average Bonchev–Trinajstić information content (AvgIpc) is 2.34. The zero-order valence-electron chi connectivity index (χ0n) is 5.56. The summed E-state index contributed by atoms with van der Waals surface area (Å²) in [6.07, 6.45) is 1.54. The van der Waals surface area contributed by atoms with Gasteiger partial charge in [0.25, 0.3) is 0 Å². The maximum absolute atomic E-state index is 11.0. The van der Waals surface area contributed by atoms with Crippen molar-refractivity contribution in [3.05, 3.63) is 23.7 Å². The van der Waals surface area contributed by atoms with Crippen molar-refractivity contribution in [1.82, 2.24) is 0 Å². The number of carbonyl (C=O) groups is 1. The molecule has 2 nitrogen and oxygen atoms in total. The first-order valence-electron chi connectivity index (χ1n) is 2.89. The van der Waals surface area contributed by atoms with Crippen LogP contribution in [0.15, 0.2) is 16.7 Å². The quantitative estimate of drug-likeness (QED) is 0.457. The Morgan fingerprint density at radius 3 is 2.90 bits per heavy atom. The number of Topliss-reactive ketones (excluding diaryl/α,β-unsaturated/α-hetero) is 1. The molecule has 1 aromatic rings. The van der Waals surface area contributed by atoms with E-state index in [1.165, 1.54) is 6.26 Å². The minimum absolute atomic E-state index is 0.131. The van der Waals surface area contributed by atoms with Gasteiger partial charge < -0.3 is 4.42 Å². The van der Waals surface area contributed by atoms with Crippen LogP contribution in [0.25, 0.3) is 0 Å². The number of furan rings is 1. The van der Waals surface area contributed by atoms with E-state index in [0.29, 0.717) is 15.8 Å². The number of alkyl halides is 1. The fraction of sp³-hybridized carbons (Fsp3) is 0.286. The van der Waals surface area contributed by atoms with Gasteiger partial charge in [0.15, 0.2) is 5.78 Å². The summed E-state index contributed by atoms with van der Waals surface area (Å²) in [7, 11) is 0. The normalized spacial score (nSPS) is 9.80. The van der Waals surface area contributed by atoms with E-state index < -0.39 is 0 Å². The molecule has 0 saturated heterocycles. The van der Waals surface area contributed by atoms with Gasteiger partial charge in [-0.1, -0.05) is 22.6 Å². The van der Waals surface area contributed by atoms with Crippen molar-refractivity contribution >= 4 is 28.4 Å². The Morgan fingerprint density at radius 2 is 2.50 bits per heavy atom. The lowest BCUT2D eigenvalue weighted by atomic mass is 10.2. The molecule has 0 aliphatic carbocycles. The molecule has 1 rings (SSSR count). The Labute approximate surface area is 72.7 Å². The van der Waals surface area contributed by atoms with Crippen LogP contribution in [0.5, 0.6) is 0 Å². The van der Waals surface area contributed by atoms with E-state index in [2.05, 4.69) is 0 Å². The second-order valence-electron chi connectivity index (χ2n) is 1.95. The number of rotatable bonds is 2. The van der Waals surface area contributed by atoms with Gasteiger partial charge in [0.1, 0.15) is 5.76 Å². The lowest BCUT2D eigenvalue weighted by Gasteiger charge is -1.90. The lowest BCUT2D eigenvalue weighted by Crippen LogP contribution is -1.98. The SMILES string of the molecule is Cc1occc1C(=O)CI. The van der Waals surface area contributed by atoms with Gasteiger partial charge in [-0.3, -0.25) is 4.79 Å². The molecular weight excluding hydrogens is 243 g/mol. The zero-order valence-corrected chi connectivity index (χ0v) is 7.71. The van der Waals surface area contributed by atoms with E-state index in [4.69, 9.17) is 4.42 Å². The number of carbonyl (C=O) groups excluding carboxylic acids is 1. The lowest BCUT2D eigenvalue weighted by molar-refractivity contribution is 0.102. The van der Waals surface area contributed by atoms with Crippen molar-refractivity contribution < 1.29 is 9.21 Å². The molecule has 0 amide bonds. The summed E-state index contributed by atoms with van der Waals surface area (Å²) in [5.41, 5.74) is 0.703. The van der Waals surface area contributed by atoms with E-state index in [1.54, 1.807) is 13.0 Å². The molecule has 1 aromatic heterocycles. The molecule has 0 aliphatic heterocycles. The first kappa shape index (κ1) is 7.78. The molecule has 10 heavy (non-hydrogen) atoms. The van der Waals surface area contributed by atoms with Crippen LogP contribution in [-0.4, -0.2) is 10.2 Å². The van der Waals surface area contributed by atoms with Crippen LogP contribution in [0.4, 0.5) is 0 Å². The first-order chi connectivity index (χ1) is 4.75. The molecular formula is C7H7IO2. The fourth-order valence-electron chi connectivity index (χ4n) is 0.746. The van der Waals surface area contributed by atoms with Gasteiger partial charge in [0.05, 0.1) is 16.3 Å². The molecule has 0 aromatic carbocycles. The van der Waals surface area contributed by atoms with Crippen LogP contribution < -0.4 is 0 Å². The van der Waals surface area contributed by atoms with Crippen molar-refractivity contribution in [3.63, 3.8) is 0 Å². The van der Waals surface area contributed by atoms with E-state index in [0.717, 1.165) is 0 Å². The van der Waals surface area contributed by atoms with E-state index in [9.17, 15) is 4.79 Å². The molecule has 3 heteroatoms. The largest absolute Gasteiger partial charge is 0.469 e. The third-order valence-corrected chi connectivity index (χ3v) is 1.97. The minimum atomic E-state index is 0.131. The third kappa shape index (κ3) is 1.39. The van der Waals surface area contributed by atoms with Crippen molar-refractivity contribution in [3.8, 4) is 0 Å². The number of halogens is 1. The molecule has 0 aliphatic rings. The molecule has 0 N–H and O–H groups in total. The molecule has 0 atom stereocenters. The van der Waals surface area contributed by atoms with E-state index >= 15 is 0 Å². The second-order valence-corrected chi connectivity index (χ2v) is 2.71. The summed E-state index contributed by atoms with van der Waals surface area (Å²) in [6, 6.07) is 1.70. The van der Waals surface area contributed by atoms with Crippen LogP contribution >= 0.6 is 22.6 Å². The maximum Gasteiger partial charge on any atom is 0.176 e. The van der Waals surface area contributed by atoms with Crippen molar-refractivity contribution in [2.24, 2.45) is 0 Å². The summed E-state index contributed by atoms with van der Waals surface area (Å²) in [5, 5.41) is 0. The van der Waals surface area contributed by atoms with Gasteiger partial charge in [-0.05, 0) is 13.0 Å². The van der Waals surface area contributed by atoms with Gasteiger partial charge in [0, 0.05) is 0 Å². The highest BCUT2D eigenvalue weighted by atomic mass is 127. The Kier molecular flexibility index (Phi) is 2.48. The Balaban J connectivity index is 2.93. The highest BCUT2D eigenvalue weighted by molar-refractivity contribution is 14.1. The second kappa shape index (κ2) is 3.18. The molecule has 54 valence electrons. The summed E-state index contributed by atoms with van der Waals surface area (Å²) >= 11 is 2.04.